The van der Waals surface area contributed by atoms with Crippen molar-refractivity contribution in [3.63, 3.8) is 0 Å². The summed E-state index contributed by atoms with van der Waals surface area (Å²) in [5, 5.41) is 7.64. The quantitative estimate of drug-likeness (QED) is 0.660. The predicted molar refractivity (Wildman–Crippen MR) is 106 cm³/mol. The van der Waals surface area contributed by atoms with Crippen molar-refractivity contribution in [1.82, 2.24) is 29.2 Å². The molecule has 1 amide bonds. The molecule has 3 heterocycles. The second kappa shape index (κ2) is 8.37. The number of rotatable bonds is 6. The van der Waals surface area contributed by atoms with E-state index in [-0.39, 0.29) is 5.91 Å². The van der Waals surface area contributed by atoms with Crippen molar-refractivity contribution in [1.29, 1.82) is 0 Å². The first-order valence-corrected chi connectivity index (χ1v) is 10.0. The zero-order valence-corrected chi connectivity index (χ0v) is 16.2. The van der Waals surface area contributed by atoms with Crippen molar-refractivity contribution in [2.75, 3.05) is 13.1 Å². The summed E-state index contributed by atoms with van der Waals surface area (Å²) in [6, 6.07) is 7.61. The van der Waals surface area contributed by atoms with Gasteiger partial charge in [-0.05, 0) is 43.5 Å². The number of amides is 1. The molecule has 2 aromatic heterocycles. The molecule has 146 valence electrons. The molecule has 1 saturated heterocycles. The van der Waals surface area contributed by atoms with Gasteiger partial charge in [-0.25, -0.2) is 4.98 Å². The lowest BCUT2D eigenvalue weighted by Crippen LogP contribution is -2.39. The van der Waals surface area contributed by atoms with Gasteiger partial charge in [-0.15, -0.1) is 10.2 Å². The van der Waals surface area contributed by atoms with E-state index in [1.54, 1.807) is 12.7 Å². The van der Waals surface area contributed by atoms with Crippen molar-refractivity contribution in [2.24, 2.45) is 0 Å². The smallest absolute Gasteiger partial charge is 0.253 e. The lowest BCUT2D eigenvalue weighted by Gasteiger charge is -2.33. The van der Waals surface area contributed by atoms with Crippen LogP contribution in [0.15, 0.2) is 49.3 Å². The third-order valence-corrected chi connectivity index (χ3v) is 5.41. The van der Waals surface area contributed by atoms with Gasteiger partial charge in [0.2, 0.25) is 0 Å². The van der Waals surface area contributed by atoms with Crippen LogP contribution in [0.2, 0.25) is 0 Å². The van der Waals surface area contributed by atoms with Crippen LogP contribution in [0.4, 0.5) is 0 Å². The predicted octanol–water partition coefficient (Wildman–Crippen LogP) is 3.28. The van der Waals surface area contributed by atoms with Crippen LogP contribution in [0.25, 0.3) is 5.69 Å². The molecular formula is C21H26N6O. The number of likely N-dealkylation sites (tertiary alicyclic amines) is 1. The van der Waals surface area contributed by atoms with Gasteiger partial charge in [-0.2, -0.15) is 0 Å². The molecule has 7 heteroatoms. The minimum absolute atomic E-state index is 0.0895. The highest BCUT2D eigenvalue weighted by Crippen LogP contribution is 2.27. The van der Waals surface area contributed by atoms with E-state index in [0.717, 1.165) is 56.8 Å². The van der Waals surface area contributed by atoms with E-state index in [0.29, 0.717) is 11.5 Å². The van der Waals surface area contributed by atoms with Crippen LogP contribution in [-0.2, 0) is 6.54 Å². The van der Waals surface area contributed by atoms with Gasteiger partial charge in [-0.3, -0.25) is 9.36 Å². The monoisotopic (exact) mass is 378 g/mol. The average Bonchev–Trinajstić information content (AvgIpc) is 3.44. The number of piperidine rings is 1. The van der Waals surface area contributed by atoms with Crippen molar-refractivity contribution in [3.8, 4) is 5.69 Å². The van der Waals surface area contributed by atoms with Crippen LogP contribution in [0.1, 0.15) is 54.7 Å². The number of benzene rings is 1. The van der Waals surface area contributed by atoms with Gasteiger partial charge in [0.05, 0.1) is 0 Å². The van der Waals surface area contributed by atoms with Gasteiger partial charge in [0.15, 0.2) is 0 Å². The average molecular weight is 378 g/mol. The molecule has 0 saturated carbocycles. The second-order valence-corrected chi connectivity index (χ2v) is 7.34. The second-order valence-electron chi connectivity index (χ2n) is 7.34. The lowest BCUT2D eigenvalue weighted by molar-refractivity contribution is 0.0703. The molecule has 0 radical (unpaired) electrons. The van der Waals surface area contributed by atoms with E-state index < -0.39 is 0 Å². The van der Waals surface area contributed by atoms with Crippen LogP contribution in [0, 0.1) is 0 Å². The summed E-state index contributed by atoms with van der Waals surface area (Å²) in [6.45, 7) is 4.74. The first-order chi connectivity index (χ1) is 13.8. The van der Waals surface area contributed by atoms with Gasteiger partial charge in [-0.1, -0.05) is 13.3 Å². The molecule has 1 aliphatic rings. The summed E-state index contributed by atoms with van der Waals surface area (Å²) >= 11 is 0. The van der Waals surface area contributed by atoms with Gasteiger partial charge in [0.25, 0.3) is 5.91 Å². The normalized spacial score (nSPS) is 17.0. The maximum Gasteiger partial charge on any atom is 0.253 e. The summed E-state index contributed by atoms with van der Waals surface area (Å²) in [5.74, 6) is 1.52. The molecular weight excluding hydrogens is 352 g/mol. The van der Waals surface area contributed by atoms with Crippen LogP contribution >= 0.6 is 0 Å². The number of aryl methyl sites for hydroxylation is 1. The maximum atomic E-state index is 13.0. The molecule has 0 spiro atoms. The molecule has 1 aliphatic heterocycles. The Kier molecular flexibility index (Phi) is 5.50. The third-order valence-electron chi connectivity index (χ3n) is 5.41. The Labute approximate surface area is 165 Å². The Bertz CT molecular complexity index is 899. The van der Waals surface area contributed by atoms with Crippen molar-refractivity contribution >= 4 is 5.91 Å². The number of nitrogens with zero attached hydrogens (tertiary/aromatic N) is 6. The summed E-state index contributed by atoms with van der Waals surface area (Å²) in [7, 11) is 0. The van der Waals surface area contributed by atoms with E-state index in [4.69, 9.17) is 0 Å². The highest BCUT2D eigenvalue weighted by atomic mass is 16.2. The van der Waals surface area contributed by atoms with E-state index in [1.807, 2.05) is 39.9 Å². The number of hydrogen-bond donors (Lipinski definition) is 0. The van der Waals surface area contributed by atoms with Crippen molar-refractivity contribution in [2.45, 2.75) is 45.1 Å². The molecule has 0 aliphatic carbocycles. The van der Waals surface area contributed by atoms with Gasteiger partial charge >= 0.3 is 0 Å². The molecule has 0 unspecified atom stereocenters. The highest BCUT2D eigenvalue weighted by Gasteiger charge is 2.28. The number of unbranched alkanes of at least 4 members (excludes halogenated alkanes) is 1. The fraction of sp³-hybridized carbons (Fsp3) is 0.429. The maximum absolute atomic E-state index is 13.0. The Morgan fingerprint density at radius 2 is 1.96 bits per heavy atom. The SMILES string of the molecule is CCCCn1ccnc1[C@@H]1CCCN(C(=O)c2ccc(-n3cnnc3)cc2)C1. The van der Waals surface area contributed by atoms with Crippen molar-refractivity contribution in [3.05, 3.63) is 60.7 Å². The van der Waals surface area contributed by atoms with Gasteiger partial charge in [0.1, 0.15) is 18.5 Å². The molecule has 4 rings (SSSR count). The van der Waals surface area contributed by atoms with E-state index >= 15 is 0 Å². The Morgan fingerprint density at radius 1 is 1.18 bits per heavy atom. The summed E-state index contributed by atoms with van der Waals surface area (Å²) in [4.78, 5) is 19.6. The zero-order chi connectivity index (χ0) is 19.3. The summed E-state index contributed by atoms with van der Waals surface area (Å²) < 4.78 is 4.08. The Morgan fingerprint density at radius 3 is 2.71 bits per heavy atom. The molecule has 7 nitrogen and oxygen atoms in total. The van der Waals surface area contributed by atoms with Crippen LogP contribution in [0.3, 0.4) is 0 Å². The standard InChI is InChI=1S/C21H26N6O/c1-2-3-11-25-13-10-22-20(25)18-5-4-12-26(14-18)21(28)17-6-8-19(9-7-17)27-15-23-24-16-27/h6-10,13,15-16,18H,2-5,11-12,14H2,1H3/t18-/m1/s1. The van der Waals surface area contributed by atoms with Gasteiger partial charge in [0, 0.05) is 49.2 Å². The number of carbonyl (C=O) groups is 1. The molecule has 3 aromatic rings. The number of aromatic nitrogens is 5. The highest BCUT2D eigenvalue weighted by molar-refractivity contribution is 5.94. The fourth-order valence-corrected chi connectivity index (χ4v) is 3.86. The summed E-state index contributed by atoms with van der Waals surface area (Å²) in [5.41, 5.74) is 1.66. The molecule has 1 atom stereocenters. The van der Waals surface area contributed by atoms with Crippen molar-refractivity contribution < 1.29 is 4.79 Å². The Hall–Kier alpha value is -2.96. The van der Waals surface area contributed by atoms with Crippen LogP contribution in [-0.4, -0.2) is 48.2 Å². The molecule has 1 aromatic carbocycles. The fourth-order valence-electron chi connectivity index (χ4n) is 3.86. The first kappa shape index (κ1) is 18.4. The zero-order valence-electron chi connectivity index (χ0n) is 16.2. The molecule has 0 N–H and O–H groups in total. The van der Waals surface area contributed by atoms with Gasteiger partial charge < -0.3 is 9.47 Å². The number of imidazole rings is 1. The summed E-state index contributed by atoms with van der Waals surface area (Å²) in [6.07, 6.45) is 11.6. The largest absolute Gasteiger partial charge is 0.338 e. The number of hydrogen-bond acceptors (Lipinski definition) is 4. The van der Waals surface area contributed by atoms with E-state index in [9.17, 15) is 4.79 Å². The van der Waals surface area contributed by atoms with E-state index in [1.165, 1.54) is 0 Å². The first-order valence-electron chi connectivity index (χ1n) is 10.0. The molecule has 0 bridgehead atoms. The van der Waals surface area contributed by atoms with Crippen LogP contribution in [0.5, 0.6) is 0 Å². The topological polar surface area (TPSA) is 68.8 Å². The third kappa shape index (κ3) is 3.83. The minimum Gasteiger partial charge on any atom is -0.338 e. The number of carbonyl (C=O) groups excluding carboxylic acids is 1. The molecule has 1 fully saturated rings. The molecule has 28 heavy (non-hydrogen) atoms. The minimum atomic E-state index is 0.0895. The van der Waals surface area contributed by atoms with E-state index in [2.05, 4.69) is 32.9 Å². The van der Waals surface area contributed by atoms with Crippen LogP contribution < -0.4 is 0 Å². The lowest BCUT2D eigenvalue weighted by atomic mass is 9.96. The Balaban J connectivity index is 1.45.